The number of hydrogen-bond donors (Lipinski definition) is 4. The van der Waals surface area contributed by atoms with Gasteiger partial charge in [0.1, 0.15) is 0 Å². The molecule has 2 unspecified atom stereocenters. The number of rotatable bonds is 0. The molecule has 11 heavy (non-hydrogen) atoms. The Morgan fingerprint density at radius 1 is 1.27 bits per heavy atom. The molecule has 2 saturated heterocycles. The summed E-state index contributed by atoms with van der Waals surface area (Å²) in [5.41, 5.74) is 0. The van der Waals surface area contributed by atoms with Crippen molar-refractivity contribution >= 4 is 5.91 Å². The molecule has 4 N–H and O–H groups in total. The second kappa shape index (κ2) is 2.77. The van der Waals surface area contributed by atoms with Crippen molar-refractivity contribution in [3.8, 4) is 0 Å². The first kappa shape index (κ1) is 7.02. The molecule has 0 spiro atoms. The Hall–Kier alpha value is -0.650. The van der Waals surface area contributed by atoms with Crippen LogP contribution in [0.2, 0.25) is 0 Å². The zero-order valence-corrected chi connectivity index (χ0v) is 6.18. The lowest BCUT2D eigenvalue weighted by Gasteiger charge is -2.36. The minimum absolute atomic E-state index is 0.0394. The molecule has 0 bridgehead atoms. The third kappa shape index (κ3) is 1.22. The van der Waals surface area contributed by atoms with E-state index >= 15 is 0 Å². The van der Waals surface area contributed by atoms with Crippen LogP contribution in [0, 0.1) is 5.92 Å². The SMILES string of the molecule is O=C1NCNC2NCNCC12. The van der Waals surface area contributed by atoms with Gasteiger partial charge in [-0.2, -0.15) is 0 Å². The third-order valence-electron chi connectivity index (χ3n) is 2.13. The molecule has 2 heterocycles. The second-order valence-corrected chi connectivity index (χ2v) is 2.84. The van der Waals surface area contributed by atoms with E-state index in [0.717, 1.165) is 13.2 Å². The van der Waals surface area contributed by atoms with Gasteiger partial charge in [0, 0.05) is 13.2 Å². The second-order valence-electron chi connectivity index (χ2n) is 2.84. The van der Waals surface area contributed by atoms with E-state index in [9.17, 15) is 4.79 Å². The molecular formula is C6H12N4O. The van der Waals surface area contributed by atoms with E-state index in [4.69, 9.17) is 0 Å². The highest BCUT2D eigenvalue weighted by Crippen LogP contribution is 2.06. The molecule has 2 fully saturated rings. The van der Waals surface area contributed by atoms with Crippen LogP contribution in [0.3, 0.4) is 0 Å². The fourth-order valence-electron chi connectivity index (χ4n) is 1.51. The minimum Gasteiger partial charge on any atom is -0.343 e. The van der Waals surface area contributed by atoms with Crippen LogP contribution >= 0.6 is 0 Å². The standard InChI is InChI=1S/C6H12N4O/c11-6-4-1-7-2-8-5(4)9-3-10-6/h4-5,7-9H,1-3H2,(H,10,11). The summed E-state index contributed by atoms with van der Waals surface area (Å²) in [6.45, 7) is 2.12. The molecule has 0 aromatic heterocycles. The van der Waals surface area contributed by atoms with E-state index in [-0.39, 0.29) is 18.0 Å². The molecule has 2 rings (SSSR count). The smallest absolute Gasteiger partial charge is 0.228 e. The van der Waals surface area contributed by atoms with E-state index in [2.05, 4.69) is 21.3 Å². The van der Waals surface area contributed by atoms with Gasteiger partial charge < -0.3 is 10.6 Å². The Morgan fingerprint density at radius 2 is 2.09 bits per heavy atom. The van der Waals surface area contributed by atoms with Gasteiger partial charge in [0.05, 0.1) is 18.8 Å². The molecular weight excluding hydrogens is 144 g/mol. The Labute approximate surface area is 64.9 Å². The average Bonchev–Trinajstić information content (AvgIpc) is 2.06. The van der Waals surface area contributed by atoms with Gasteiger partial charge in [-0.25, -0.2) is 0 Å². The quantitative estimate of drug-likeness (QED) is 0.320. The van der Waals surface area contributed by atoms with Gasteiger partial charge in [-0.05, 0) is 0 Å². The van der Waals surface area contributed by atoms with Crippen molar-refractivity contribution in [3.05, 3.63) is 0 Å². The van der Waals surface area contributed by atoms with Crippen LogP contribution in [0.1, 0.15) is 0 Å². The molecule has 5 nitrogen and oxygen atoms in total. The first-order valence-electron chi connectivity index (χ1n) is 3.83. The highest BCUT2D eigenvalue weighted by atomic mass is 16.2. The van der Waals surface area contributed by atoms with Crippen molar-refractivity contribution in [2.24, 2.45) is 5.92 Å². The van der Waals surface area contributed by atoms with Crippen LogP contribution in [0.4, 0.5) is 0 Å². The summed E-state index contributed by atoms with van der Waals surface area (Å²) in [4.78, 5) is 11.2. The monoisotopic (exact) mass is 156 g/mol. The maximum absolute atomic E-state index is 11.2. The van der Waals surface area contributed by atoms with Crippen LogP contribution in [0.5, 0.6) is 0 Å². The molecule has 2 atom stereocenters. The molecule has 0 aromatic rings. The molecule has 0 aliphatic carbocycles. The zero-order chi connectivity index (χ0) is 7.68. The van der Waals surface area contributed by atoms with E-state index in [1.54, 1.807) is 0 Å². The highest BCUT2D eigenvalue weighted by molar-refractivity contribution is 5.80. The fraction of sp³-hybridized carbons (Fsp3) is 0.833. The van der Waals surface area contributed by atoms with Gasteiger partial charge in [-0.15, -0.1) is 0 Å². The Kier molecular flexibility index (Phi) is 1.77. The molecule has 0 radical (unpaired) electrons. The number of hydrogen-bond acceptors (Lipinski definition) is 4. The van der Waals surface area contributed by atoms with Crippen molar-refractivity contribution in [2.75, 3.05) is 19.9 Å². The van der Waals surface area contributed by atoms with Crippen LogP contribution in [0.25, 0.3) is 0 Å². The predicted octanol–water partition coefficient (Wildman–Crippen LogP) is -2.24. The summed E-state index contributed by atoms with van der Waals surface area (Å²) >= 11 is 0. The maximum Gasteiger partial charge on any atom is 0.228 e. The predicted molar refractivity (Wildman–Crippen MR) is 39.4 cm³/mol. The van der Waals surface area contributed by atoms with Crippen molar-refractivity contribution in [2.45, 2.75) is 6.17 Å². The summed E-state index contributed by atoms with van der Waals surface area (Å²) < 4.78 is 0. The van der Waals surface area contributed by atoms with E-state index in [0.29, 0.717) is 6.67 Å². The van der Waals surface area contributed by atoms with Gasteiger partial charge >= 0.3 is 0 Å². The van der Waals surface area contributed by atoms with Crippen LogP contribution < -0.4 is 21.3 Å². The minimum atomic E-state index is 0.0394. The highest BCUT2D eigenvalue weighted by Gasteiger charge is 2.32. The fourth-order valence-corrected chi connectivity index (χ4v) is 1.51. The van der Waals surface area contributed by atoms with E-state index in [1.165, 1.54) is 0 Å². The van der Waals surface area contributed by atoms with Crippen molar-refractivity contribution < 1.29 is 4.79 Å². The van der Waals surface area contributed by atoms with E-state index < -0.39 is 0 Å². The average molecular weight is 156 g/mol. The lowest BCUT2D eigenvalue weighted by Crippen LogP contribution is -2.67. The normalized spacial score (nSPS) is 37.6. The van der Waals surface area contributed by atoms with Gasteiger partial charge in [-0.1, -0.05) is 0 Å². The van der Waals surface area contributed by atoms with E-state index in [1.807, 2.05) is 0 Å². The summed E-state index contributed by atoms with van der Waals surface area (Å²) in [5, 5.41) is 12.2. The number of carbonyl (C=O) groups excluding carboxylic acids is 1. The number of carbonyl (C=O) groups is 1. The molecule has 0 saturated carbocycles. The van der Waals surface area contributed by atoms with Gasteiger partial charge in [-0.3, -0.25) is 15.4 Å². The Morgan fingerprint density at radius 3 is 2.91 bits per heavy atom. The Balaban J connectivity index is 2.05. The van der Waals surface area contributed by atoms with Crippen molar-refractivity contribution in [1.82, 2.24) is 21.3 Å². The van der Waals surface area contributed by atoms with Gasteiger partial charge in [0.15, 0.2) is 0 Å². The van der Waals surface area contributed by atoms with Crippen molar-refractivity contribution in [1.29, 1.82) is 0 Å². The Bertz CT molecular complexity index is 170. The van der Waals surface area contributed by atoms with Crippen LogP contribution in [-0.4, -0.2) is 32.0 Å². The summed E-state index contributed by atoms with van der Waals surface area (Å²) in [7, 11) is 0. The zero-order valence-electron chi connectivity index (χ0n) is 6.18. The number of fused-ring (bicyclic) bond motifs is 1. The summed E-state index contributed by atoms with van der Waals surface area (Å²) in [5.74, 6) is 0.172. The lowest BCUT2D eigenvalue weighted by molar-refractivity contribution is -0.129. The van der Waals surface area contributed by atoms with Crippen molar-refractivity contribution in [3.63, 3.8) is 0 Å². The van der Waals surface area contributed by atoms with Crippen LogP contribution in [-0.2, 0) is 4.79 Å². The third-order valence-corrected chi connectivity index (χ3v) is 2.13. The first-order valence-corrected chi connectivity index (χ1v) is 3.83. The maximum atomic E-state index is 11.2. The summed E-state index contributed by atoms with van der Waals surface area (Å²) in [6.07, 6.45) is 0.157. The van der Waals surface area contributed by atoms with Crippen LogP contribution in [0.15, 0.2) is 0 Å². The number of nitrogens with one attached hydrogen (secondary N) is 4. The molecule has 62 valence electrons. The molecule has 0 aromatic carbocycles. The molecule has 5 heteroatoms. The molecule has 1 amide bonds. The first-order chi connectivity index (χ1) is 5.38. The van der Waals surface area contributed by atoms with Gasteiger partial charge in [0.25, 0.3) is 0 Å². The molecule has 2 aliphatic heterocycles. The summed E-state index contributed by atoms with van der Waals surface area (Å²) in [6, 6.07) is 0. The topological polar surface area (TPSA) is 65.2 Å². The largest absolute Gasteiger partial charge is 0.343 e. The number of amides is 1. The lowest BCUT2D eigenvalue weighted by atomic mass is 10.0. The molecule has 2 aliphatic rings. The van der Waals surface area contributed by atoms with Gasteiger partial charge in [0.2, 0.25) is 5.91 Å².